The maximum Gasteiger partial charge on any atom is 0.0962 e. The quantitative estimate of drug-likeness (QED) is 0.531. The van der Waals surface area contributed by atoms with Crippen molar-refractivity contribution in [3.8, 4) is 0 Å². The Morgan fingerprint density at radius 2 is 1.69 bits per heavy atom. The zero-order chi connectivity index (χ0) is 10.6. The fourth-order valence-corrected chi connectivity index (χ4v) is 0.699. The molecule has 0 bridgehead atoms. The summed E-state index contributed by atoms with van der Waals surface area (Å²) in [5.41, 5.74) is 6.08. The molecule has 0 amide bonds. The van der Waals surface area contributed by atoms with Crippen molar-refractivity contribution in [3.05, 3.63) is 0 Å². The number of hydrogen-bond donors (Lipinski definition) is 1. The Kier molecular flexibility index (Phi) is 4.45. The largest absolute Gasteiger partial charge is 0.387 e. The molecule has 0 aromatic rings. The third-order valence-electron chi connectivity index (χ3n) is 2.62. The molecule has 0 aromatic carbocycles. The first kappa shape index (κ1) is 12.5. The van der Waals surface area contributed by atoms with E-state index in [0.29, 0.717) is 17.3 Å². The summed E-state index contributed by atoms with van der Waals surface area (Å²) < 4.78 is 0. The van der Waals surface area contributed by atoms with Crippen molar-refractivity contribution < 1.29 is 0 Å². The lowest BCUT2D eigenvalue weighted by Crippen LogP contribution is -2.24. The highest BCUT2D eigenvalue weighted by Gasteiger charge is 2.19. The molecule has 0 aromatic heterocycles. The van der Waals surface area contributed by atoms with Gasteiger partial charge in [-0.15, -0.1) is 0 Å². The second-order valence-electron chi connectivity index (χ2n) is 5.19. The monoisotopic (exact) mass is 184 g/mol. The van der Waals surface area contributed by atoms with Gasteiger partial charge in [0, 0.05) is 12.5 Å². The van der Waals surface area contributed by atoms with Crippen molar-refractivity contribution in [2.45, 2.75) is 41.5 Å². The zero-order valence-corrected chi connectivity index (χ0v) is 9.89. The average molecular weight is 184 g/mol. The number of rotatable bonds is 3. The van der Waals surface area contributed by atoms with Crippen molar-refractivity contribution in [2.24, 2.45) is 28.0 Å². The number of amidine groups is 1. The predicted octanol–water partition coefficient (Wildman–Crippen LogP) is 2.68. The summed E-state index contributed by atoms with van der Waals surface area (Å²) in [5, 5.41) is 0. The van der Waals surface area contributed by atoms with E-state index in [1.165, 1.54) is 0 Å². The molecule has 78 valence electrons. The van der Waals surface area contributed by atoms with Crippen LogP contribution in [0.25, 0.3) is 0 Å². The first-order chi connectivity index (χ1) is 5.75. The van der Waals surface area contributed by atoms with Crippen LogP contribution in [-0.4, -0.2) is 12.4 Å². The van der Waals surface area contributed by atoms with Gasteiger partial charge in [0.05, 0.1) is 5.84 Å². The van der Waals surface area contributed by atoms with E-state index in [-0.39, 0.29) is 0 Å². The molecular formula is C11H24N2. The fraction of sp³-hybridized carbons (Fsp3) is 0.909. The lowest BCUT2D eigenvalue weighted by molar-refractivity contribution is 0.269. The third kappa shape index (κ3) is 4.91. The van der Waals surface area contributed by atoms with Gasteiger partial charge in [0.15, 0.2) is 0 Å². The van der Waals surface area contributed by atoms with Crippen LogP contribution in [0.3, 0.4) is 0 Å². The lowest BCUT2D eigenvalue weighted by atomic mass is 9.82. The first-order valence-electron chi connectivity index (χ1n) is 5.05. The minimum atomic E-state index is 0.320. The van der Waals surface area contributed by atoms with Gasteiger partial charge in [0.2, 0.25) is 0 Å². The Bertz CT molecular complexity index is 175. The third-order valence-corrected chi connectivity index (χ3v) is 2.62. The SMILES string of the molecule is CC(C)C(N)=NCC(C)C(C)(C)C. The topological polar surface area (TPSA) is 38.4 Å². The van der Waals surface area contributed by atoms with Gasteiger partial charge in [-0.2, -0.15) is 0 Å². The van der Waals surface area contributed by atoms with Crippen molar-refractivity contribution in [1.82, 2.24) is 0 Å². The molecule has 0 spiro atoms. The molecule has 0 aliphatic rings. The van der Waals surface area contributed by atoms with E-state index >= 15 is 0 Å². The maximum atomic E-state index is 5.76. The van der Waals surface area contributed by atoms with E-state index in [1.807, 2.05) is 0 Å². The minimum absolute atomic E-state index is 0.320. The molecule has 1 unspecified atom stereocenters. The van der Waals surface area contributed by atoms with Gasteiger partial charge in [-0.1, -0.05) is 41.5 Å². The van der Waals surface area contributed by atoms with Crippen molar-refractivity contribution in [1.29, 1.82) is 0 Å². The van der Waals surface area contributed by atoms with Crippen LogP contribution in [0.5, 0.6) is 0 Å². The van der Waals surface area contributed by atoms with E-state index in [9.17, 15) is 0 Å². The number of hydrogen-bond acceptors (Lipinski definition) is 1. The minimum Gasteiger partial charge on any atom is -0.387 e. The molecule has 0 rings (SSSR count). The molecule has 1 atom stereocenters. The zero-order valence-electron chi connectivity index (χ0n) is 9.89. The smallest absolute Gasteiger partial charge is 0.0962 e. The van der Waals surface area contributed by atoms with Crippen LogP contribution in [0, 0.1) is 17.3 Å². The van der Waals surface area contributed by atoms with E-state index in [0.717, 1.165) is 12.4 Å². The van der Waals surface area contributed by atoms with Crippen LogP contribution in [0.4, 0.5) is 0 Å². The molecule has 2 nitrogen and oxygen atoms in total. The van der Waals surface area contributed by atoms with E-state index in [1.54, 1.807) is 0 Å². The molecule has 2 N–H and O–H groups in total. The number of aliphatic imine (C=N–C) groups is 1. The molecule has 0 saturated carbocycles. The van der Waals surface area contributed by atoms with Gasteiger partial charge in [-0.05, 0) is 11.3 Å². The highest BCUT2D eigenvalue weighted by Crippen LogP contribution is 2.25. The normalized spacial score (nSPS) is 16.4. The summed E-state index contributed by atoms with van der Waals surface area (Å²) in [4.78, 5) is 4.38. The highest BCUT2D eigenvalue weighted by molar-refractivity contribution is 5.82. The Labute approximate surface area is 82.6 Å². The van der Waals surface area contributed by atoms with Crippen LogP contribution in [0.1, 0.15) is 41.5 Å². The molecule has 13 heavy (non-hydrogen) atoms. The van der Waals surface area contributed by atoms with E-state index < -0.39 is 0 Å². The first-order valence-corrected chi connectivity index (χ1v) is 5.05. The molecule has 0 aliphatic heterocycles. The maximum absolute atomic E-state index is 5.76. The molecule has 0 fully saturated rings. The number of nitrogens with zero attached hydrogens (tertiary/aromatic N) is 1. The fourth-order valence-electron chi connectivity index (χ4n) is 0.699. The predicted molar refractivity (Wildman–Crippen MR) is 59.9 cm³/mol. The van der Waals surface area contributed by atoms with Gasteiger partial charge in [-0.25, -0.2) is 0 Å². The summed E-state index contributed by atoms with van der Waals surface area (Å²) in [5.74, 6) is 1.72. The van der Waals surface area contributed by atoms with Gasteiger partial charge >= 0.3 is 0 Å². The van der Waals surface area contributed by atoms with Crippen molar-refractivity contribution >= 4 is 5.84 Å². The molecule has 0 saturated heterocycles. The lowest BCUT2D eigenvalue weighted by Gasteiger charge is -2.25. The molecule has 0 heterocycles. The van der Waals surface area contributed by atoms with Crippen LogP contribution in [0.2, 0.25) is 0 Å². The Hall–Kier alpha value is -0.530. The van der Waals surface area contributed by atoms with E-state index in [4.69, 9.17) is 5.73 Å². The van der Waals surface area contributed by atoms with Gasteiger partial charge in [0.1, 0.15) is 0 Å². The van der Waals surface area contributed by atoms with Crippen LogP contribution in [0.15, 0.2) is 4.99 Å². The van der Waals surface area contributed by atoms with Crippen molar-refractivity contribution in [2.75, 3.05) is 6.54 Å². The summed E-state index contributed by atoms with van der Waals surface area (Å²) >= 11 is 0. The van der Waals surface area contributed by atoms with Crippen LogP contribution < -0.4 is 5.73 Å². The second-order valence-corrected chi connectivity index (χ2v) is 5.19. The standard InChI is InChI=1S/C11H24N2/c1-8(2)10(12)13-7-9(3)11(4,5)6/h8-9H,7H2,1-6H3,(H2,12,13). The summed E-state index contributed by atoms with van der Waals surface area (Å²) in [6, 6.07) is 0. The Balaban J connectivity index is 4.09. The number of nitrogens with two attached hydrogens (primary N) is 1. The Morgan fingerprint density at radius 3 is 2.00 bits per heavy atom. The Morgan fingerprint density at radius 1 is 1.23 bits per heavy atom. The second kappa shape index (κ2) is 4.64. The molecular weight excluding hydrogens is 160 g/mol. The molecule has 2 heteroatoms. The van der Waals surface area contributed by atoms with Crippen molar-refractivity contribution in [3.63, 3.8) is 0 Å². The molecule has 0 radical (unpaired) electrons. The van der Waals surface area contributed by atoms with E-state index in [2.05, 4.69) is 46.5 Å². The van der Waals surface area contributed by atoms with Gasteiger partial charge in [-0.3, -0.25) is 4.99 Å². The van der Waals surface area contributed by atoms with Gasteiger partial charge in [0.25, 0.3) is 0 Å². The summed E-state index contributed by atoms with van der Waals surface area (Å²) in [6.45, 7) is 13.9. The summed E-state index contributed by atoms with van der Waals surface area (Å²) in [6.07, 6.45) is 0. The molecule has 0 aliphatic carbocycles. The summed E-state index contributed by atoms with van der Waals surface area (Å²) in [7, 11) is 0. The van der Waals surface area contributed by atoms with Crippen LogP contribution >= 0.6 is 0 Å². The highest BCUT2D eigenvalue weighted by atomic mass is 14.9. The van der Waals surface area contributed by atoms with Gasteiger partial charge < -0.3 is 5.73 Å². The van der Waals surface area contributed by atoms with Crippen LogP contribution in [-0.2, 0) is 0 Å². The average Bonchev–Trinajstić information content (AvgIpc) is 1.97.